The first-order valence-electron chi connectivity index (χ1n) is 6.78. The van der Waals surface area contributed by atoms with Crippen LogP contribution in [-0.2, 0) is 9.59 Å². The van der Waals surface area contributed by atoms with Gasteiger partial charge in [0.15, 0.2) is 5.96 Å². The molecular weight excluding hydrogens is 260 g/mol. The summed E-state index contributed by atoms with van der Waals surface area (Å²) >= 11 is 0. The maximum Gasteiger partial charge on any atom is 0.237 e. The molecule has 0 unspecified atom stereocenters. The van der Waals surface area contributed by atoms with Gasteiger partial charge in [-0.25, -0.2) is 0 Å². The first kappa shape index (κ1) is 18.3. The zero-order valence-corrected chi connectivity index (χ0v) is 11.8. The van der Waals surface area contributed by atoms with E-state index in [1.165, 1.54) is 0 Å². The molecule has 8 nitrogen and oxygen atoms in total. The van der Waals surface area contributed by atoms with Crippen LogP contribution >= 0.6 is 0 Å². The standard InChI is InChI=1S/C12H26N6O2/c13-6-2-1-5-10(14)11(20)18-9(8-19)4-3-7-17-12(15)16/h8-10H,1-7,13-14H2,(H,18,20)(H4,15,16,17)/t9-,10-/m0/s1. The van der Waals surface area contributed by atoms with Crippen molar-refractivity contribution in [3.8, 4) is 0 Å². The summed E-state index contributed by atoms with van der Waals surface area (Å²) in [4.78, 5) is 26.4. The summed E-state index contributed by atoms with van der Waals surface area (Å²) in [6, 6.07) is -1.17. The van der Waals surface area contributed by atoms with E-state index in [4.69, 9.17) is 22.9 Å². The topological polar surface area (TPSA) is 163 Å². The highest BCUT2D eigenvalue weighted by atomic mass is 16.2. The van der Waals surface area contributed by atoms with Gasteiger partial charge in [0.05, 0.1) is 12.1 Å². The number of hydrogen-bond acceptors (Lipinski definition) is 5. The maximum absolute atomic E-state index is 11.8. The number of nitrogens with one attached hydrogen (secondary N) is 1. The summed E-state index contributed by atoms with van der Waals surface area (Å²) in [5.74, 6) is -0.306. The van der Waals surface area contributed by atoms with E-state index in [9.17, 15) is 9.59 Å². The van der Waals surface area contributed by atoms with Gasteiger partial charge in [0.1, 0.15) is 6.29 Å². The fraction of sp³-hybridized carbons (Fsp3) is 0.750. The Labute approximate surface area is 119 Å². The van der Waals surface area contributed by atoms with Crippen LogP contribution in [0.5, 0.6) is 0 Å². The number of carbonyl (C=O) groups is 2. The molecule has 0 rings (SSSR count). The Morgan fingerprint density at radius 2 is 1.90 bits per heavy atom. The molecule has 0 aromatic rings. The van der Waals surface area contributed by atoms with Crippen LogP contribution in [0.15, 0.2) is 4.99 Å². The minimum Gasteiger partial charge on any atom is -0.370 e. The summed E-state index contributed by atoms with van der Waals surface area (Å²) in [6.45, 7) is 1.00. The van der Waals surface area contributed by atoms with Gasteiger partial charge in [-0.3, -0.25) is 9.79 Å². The molecule has 0 aromatic heterocycles. The fourth-order valence-corrected chi connectivity index (χ4v) is 1.62. The third-order valence-corrected chi connectivity index (χ3v) is 2.77. The summed E-state index contributed by atoms with van der Waals surface area (Å²) in [6.07, 6.45) is 3.95. The van der Waals surface area contributed by atoms with E-state index in [2.05, 4.69) is 10.3 Å². The summed E-state index contributed by atoms with van der Waals surface area (Å²) in [5.41, 5.74) is 21.5. The van der Waals surface area contributed by atoms with Crippen molar-refractivity contribution in [2.45, 2.75) is 44.2 Å². The Balaban J connectivity index is 3.98. The van der Waals surface area contributed by atoms with E-state index >= 15 is 0 Å². The van der Waals surface area contributed by atoms with Crippen LogP contribution in [0.1, 0.15) is 32.1 Å². The average molecular weight is 286 g/mol. The number of aldehydes is 1. The largest absolute Gasteiger partial charge is 0.370 e. The van der Waals surface area contributed by atoms with Gasteiger partial charge in [-0.05, 0) is 32.2 Å². The zero-order chi connectivity index (χ0) is 15.4. The highest BCUT2D eigenvalue weighted by Gasteiger charge is 2.17. The molecule has 1 amide bonds. The molecule has 8 heteroatoms. The molecule has 0 radical (unpaired) electrons. The van der Waals surface area contributed by atoms with Crippen LogP contribution in [0.3, 0.4) is 0 Å². The SMILES string of the molecule is NCCCC[C@H](N)C(=O)N[C@H](C=O)CCCN=C(N)N. The third-order valence-electron chi connectivity index (χ3n) is 2.77. The number of rotatable bonds is 11. The number of amides is 1. The number of guanidine groups is 1. The molecule has 0 saturated carbocycles. The number of nitrogens with two attached hydrogens (primary N) is 4. The lowest BCUT2D eigenvalue weighted by Crippen LogP contribution is -2.46. The van der Waals surface area contributed by atoms with Crippen molar-refractivity contribution in [3.05, 3.63) is 0 Å². The Bertz CT molecular complexity index is 317. The Morgan fingerprint density at radius 3 is 2.45 bits per heavy atom. The highest BCUT2D eigenvalue weighted by Crippen LogP contribution is 2.00. The molecule has 9 N–H and O–H groups in total. The molecule has 0 heterocycles. The number of hydrogen-bond donors (Lipinski definition) is 5. The van der Waals surface area contributed by atoms with Gasteiger partial charge in [0.2, 0.25) is 5.91 Å². The second-order valence-corrected chi connectivity index (χ2v) is 4.59. The van der Waals surface area contributed by atoms with Gasteiger partial charge in [0.25, 0.3) is 0 Å². The molecular formula is C12H26N6O2. The van der Waals surface area contributed by atoms with E-state index in [0.29, 0.717) is 38.6 Å². The molecule has 2 atom stereocenters. The molecule has 0 saturated heterocycles. The summed E-state index contributed by atoms with van der Waals surface area (Å²) in [7, 11) is 0. The second-order valence-electron chi connectivity index (χ2n) is 4.59. The Morgan fingerprint density at radius 1 is 1.20 bits per heavy atom. The van der Waals surface area contributed by atoms with Crippen LogP contribution in [0.2, 0.25) is 0 Å². The molecule has 0 bridgehead atoms. The monoisotopic (exact) mass is 286 g/mol. The Kier molecular flexibility index (Phi) is 10.2. The van der Waals surface area contributed by atoms with Gasteiger partial charge < -0.3 is 33.0 Å². The van der Waals surface area contributed by atoms with E-state index in [-0.39, 0.29) is 11.9 Å². The van der Waals surface area contributed by atoms with Crippen LogP contribution < -0.4 is 28.3 Å². The second kappa shape index (κ2) is 11.2. The number of unbranched alkanes of at least 4 members (excludes halogenated alkanes) is 1. The van der Waals surface area contributed by atoms with Gasteiger partial charge in [-0.2, -0.15) is 0 Å². The van der Waals surface area contributed by atoms with Crippen molar-refractivity contribution in [1.29, 1.82) is 0 Å². The van der Waals surface area contributed by atoms with E-state index in [1.807, 2.05) is 0 Å². The molecule has 0 fully saturated rings. The predicted molar refractivity (Wildman–Crippen MR) is 78.8 cm³/mol. The minimum absolute atomic E-state index is 0.0126. The van der Waals surface area contributed by atoms with Crippen LogP contribution in [0.25, 0.3) is 0 Å². The van der Waals surface area contributed by atoms with Gasteiger partial charge in [-0.15, -0.1) is 0 Å². The third kappa shape index (κ3) is 9.29. The minimum atomic E-state index is -0.610. The quantitative estimate of drug-likeness (QED) is 0.130. The highest BCUT2D eigenvalue weighted by molar-refractivity contribution is 5.84. The van der Waals surface area contributed by atoms with Crippen molar-refractivity contribution in [2.75, 3.05) is 13.1 Å². The lowest BCUT2D eigenvalue weighted by Gasteiger charge is -2.16. The van der Waals surface area contributed by atoms with Gasteiger partial charge in [0, 0.05) is 6.54 Å². The molecule has 20 heavy (non-hydrogen) atoms. The van der Waals surface area contributed by atoms with Crippen molar-refractivity contribution < 1.29 is 9.59 Å². The summed E-state index contributed by atoms with van der Waals surface area (Å²) in [5, 5.41) is 2.61. The lowest BCUT2D eigenvalue weighted by molar-refractivity contribution is -0.125. The van der Waals surface area contributed by atoms with Gasteiger partial charge >= 0.3 is 0 Å². The van der Waals surface area contributed by atoms with Crippen LogP contribution in [-0.4, -0.2) is 43.3 Å². The smallest absolute Gasteiger partial charge is 0.237 e. The Hall–Kier alpha value is -1.67. The van der Waals surface area contributed by atoms with E-state index in [0.717, 1.165) is 12.8 Å². The number of aliphatic imine (C=N–C) groups is 1. The molecule has 116 valence electrons. The molecule has 0 aliphatic heterocycles. The fourth-order valence-electron chi connectivity index (χ4n) is 1.62. The zero-order valence-electron chi connectivity index (χ0n) is 11.8. The number of carbonyl (C=O) groups excluding carboxylic acids is 2. The van der Waals surface area contributed by atoms with Crippen molar-refractivity contribution >= 4 is 18.2 Å². The molecule has 0 aromatic carbocycles. The first-order chi connectivity index (χ1) is 9.51. The lowest BCUT2D eigenvalue weighted by atomic mass is 10.1. The summed E-state index contributed by atoms with van der Waals surface area (Å²) < 4.78 is 0. The normalized spacial score (nSPS) is 13.3. The molecule has 0 aliphatic rings. The molecule has 0 aliphatic carbocycles. The molecule has 0 spiro atoms. The van der Waals surface area contributed by atoms with Gasteiger partial charge in [-0.1, -0.05) is 6.42 Å². The first-order valence-corrected chi connectivity index (χ1v) is 6.78. The van der Waals surface area contributed by atoms with Crippen molar-refractivity contribution in [2.24, 2.45) is 27.9 Å². The van der Waals surface area contributed by atoms with Crippen molar-refractivity contribution in [1.82, 2.24) is 5.32 Å². The average Bonchev–Trinajstić information content (AvgIpc) is 2.41. The van der Waals surface area contributed by atoms with E-state index < -0.39 is 12.1 Å². The van der Waals surface area contributed by atoms with E-state index in [1.54, 1.807) is 0 Å². The van der Waals surface area contributed by atoms with Crippen LogP contribution in [0, 0.1) is 0 Å². The number of nitrogens with zero attached hydrogens (tertiary/aromatic N) is 1. The predicted octanol–water partition coefficient (Wildman–Crippen LogP) is -1.82. The maximum atomic E-state index is 11.8. The van der Waals surface area contributed by atoms with Crippen molar-refractivity contribution in [3.63, 3.8) is 0 Å². The van der Waals surface area contributed by atoms with Crippen LogP contribution in [0.4, 0.5) is 0 Å².